The number of nitrogens with one attached hydrogen (secondary N) is 1. The lowest BCUT2D eigenvalue weighted by molar-refractivity contribution is 0.104. The van der Waals surface area contributed by atoms with Crippen LogP contribution in [0, 0.1) is 0 Å². The summed E-state index contributed by atoms with van der Waals surface area (Å²) in [4.78, 5) is 24.7. The maximum absolute atomic E-state index is 12.7. The minimum atomic E-state index is -0.101. The van der Waals surface area contributed by atoms with Crippen molar-refractivity contribution in [3.63, 3.8) is 0 Å². The lowest BCUT2D eigenvalue weighted by Gasteiger charge is -2.00. The number of hydrogen-bond donors (Lipinski definition) is 1. The van der Waals surface area contributed by atoms with Crippen molar-refractivity contribution in [2.24, 2.45) is 4.99 Å². The van der Waals surface area contributed by atoms with E-state index in [1.165, 1.54) is 11.3 Å². The highest BCUT2D eigenvalue weighted by molar-refractivity contribution is 7.12. The first-order chi connectivity index (χ1) is 11.8. The molecule has 0 spiro atoms. The number of aliphatic imine (C=N–C) groups is 1. The van der Waals surface area contributed by atoms with Gasteiger partial charge in [0.2, 0.25) is 11.7 Å². The molecule has 0 aliphatic carbocycles. The summed E-state index contributed by atoms with van der Waals surface area (Å²) in [5.41, 5.74) is 2.16. The Hall–Kier alpha value is -2.51. The number of para-hydroxylation sites is 1. The topological polar surface area (TPSA) is 76.6 Å². The lowest BCUT2D eigenvalue weighted by atomic mass is 10.1. The van der Waals surface area contributed by atoms with Crippen LogP contribution >= 0.6 is 11.3 Å². The van der Waals surface area contributed by atoms with Crippen LogP contribution in [0.25, 0.3) is 10.9 Å². The number of H-pyrrole nitrogens is 1. The van der Waals surface area contributed by atoms with E-state index in [2.05, 4.69) is 15.0 Å². The third-order valence-electron chi connectivity index (χ3n) is 3.82. The van der Waals surface area contributed by atoms with Gasteiger partial charge < -0.3 is 14.5 Å². The number of hydrogen-bond acceptors (Lipinski definition) is 6. The monoisotopic (exact) mass is 341 g/mol. The number of thiazole rings is 1. The number of aromatic amines is 1. The van der Waals surface area contributed by atoms with Crippen molar-refractivity contribution in [2.45, 2.75) is 6.04 Å². The maximum Gasteiger partial charge on any atom is 0.236 e. The SMILES string of the molecule is COCC1COC(c2csc(C(=O)c3c[nH]c4ccccc34)n2)=N1. The summed E-state index contributed by atoms with van der Waals surface area (Å²) < 4.78 is 10.6. The Morgan fingerprint density at radius 3 is 3.21 bits per heavy atom. The van der Waals surface area contributed by atoms with Crippen LogP contribution in [0.1, 0.15) is 21.1 Å². The van der Waals surface area contributed by atoms with E-state index in [1.807, 2.05) is 24.3 Å². The molecule has 0 amide bonds. The third-order valence-corrected chi connectivity index (χ3v) is 4.66. The Morgan fingerprint density at radius 2 is 2.33 bits per heavy atom. The summed E-state index contributed by atoms with van der Waals surface area (Å²) in [7, 11) is 1.63. The number of aromatic nitrogens is 2. The van der Waals surface area contributed by atoms with Gasteiger partial charge in [-0.3, -0.25) is 4.79 Å². The molecule has 6 nitrogen and oxygen atoms in total. The van der Waals surface area contributed by atoms with Crippen LogP contribution in [-0.4, -0.2) is 48.0 Å². The number of rotatable bonds is 5. The number of carbonyl (C=O) groups excluding carboxylic acids is 1. The van der Waals surface area contributed by atoms with Crippen molar-refractivity contribution in [3.8, 4) is 0 Å². The summed E-state index contributed by atoms with van der Waals surface area (Å²) in [6.45, 7) is 0.987. The molecule has 4 rings (SSSR count). The van der Waals surface area contributed by atoms with Gasteiger partial charge in [0.05, 0.1) is 12.2 Å². The normalized spacial score (nSPS) is 17.0. The molecule has 1 aliphatic rings. The maximum atomic E-state index is 12.7. The summed E-state index contributed by atoms with van der Waals surface area (Å²) in [5, 5.41) is 3.13. The number of ether oxygens (including phenoxy) is 2. The van der Waals surface area contributed by atoms with Gasteiger partial charge in [-0.1, -0.05) is 18.2 Å². The highest BCUT2D eigenvalue weighted by Gasteiger charge is 2.24. The van der Waals surface area contributed by atoms with E-state index in [9.17, 15) is 4.79 Å². The number of ketones is 1. The van der Waals surface area contributed by atoms with Crippen LogP contribution in [0.4, 0.5) is 0 Å². The van der Waals surface area contributed by atoms with Gasteiger partial charge in [-0.25, -0.2) is 9.98 Å². The molecule has 1 aromatic carbocycles. The zero-order chi connectivity index (χ0) is 16.5. The second-order valence-corrected chi connectivity index (χ2v) is 6.33. The first kappa shape index (κ1) is 15.0. The van der Waals surface area contributed by atoms with Crippen molar-refractivity contribution >= 4 is 33.9 Å². The van der Waals surface area contributed by atoms with Crippen LogP contribution in [-0.2, 0) is 9.47 Å². The molecule has 7 heteroatoms. The minimum Gasteiger partial charge on any atom is -0.474 e. The smallest absolute Gasteiger partial charge is 0.236 e. The van der Waals surface area contributed by atoms with E-state index < -0.39 is 0 Å². The van der Waals surface area contributed by atoms with Crippen molar-refractivity contribution in [2.75, 3.05) is 20.3 Å². The third kappa shape index (κ3) is 2.61. The van der Waals surface area contributed by atoms with Gasteiger partial charge in [0.1, 0.15) is 18.3 Å². The zero-order valence-corrected chi connectivity index (χ0v) is 13.8. The second-order valence-electron chi connectivity index (χ2n) is 5.47. The summed E-state index contributed by atoms with van der Waals surface area (Å²) in [6.07, 6.45) is 1.73. The Bertz CT molecular complexity index is 928. The van der Waals surface area contributed by atoms with Gasteiger partial charge in [0.15, 0.2) is 5.01 Å². The van der Waals surface area contributed by atoms with E-state index in [4.69, 9.17) is 9.47 Å². The highest BCUT2D eigenvalue weighted by atomic mass is 32.1. The molecule has 0 fully saturated rings. The van der Waals surface area contributed by atoms with Crippen molar-refractivity contribution in [1.29, 1.82) is 0 Å². The van der Waals surface area contributed by atoms with E-state index in [0.29, 0.717) is 35.4 Å². The summed E-state index contributed by atoms with van der Waals surface area (Å²) >= 11 is 1.30. The number of nitrogens with zero attached hydrogens (tertiary/aromatic N) is 2. The first-order valence-corrected chi connectivity index (χ1v) is 8.40. The molecule has 122 valence electrons. The molecule has 0 radical (unpaired) electrons. The molecule has 1 atom stereocenters. The minimum absolute atomic E-state index is 0.0144. The molecule has 1 unspecified atom stereocenters. The van der Waals surface area contributed by atoms with Crippen molar-refractivity contribution in [1.82, 2.24) is 9.97 Å². The number of methoxy groups -OCH3 is 1. The van der Waals surface area contributed by atoms with Crippen molar-refractivity contribution < 1.29 is 14.3 Å². The zero-order valence-electron chi connectivity index (χ0n) is 13.0. The van der Waals surface area contributed by atoms with E-state index in [1.54, 1.807) is 18.7 Å². The quantitative estimate of drug-likeness (QED) is 0.724. The van der Waals surface area contributed by atoms with Crippen LogP contribution in [0.2, 0.25) is 0 Å². The number of benzene rings is 1. The van der Waals surface area contributed by atoms with Gasteiger partial charge in [-0.05, 0) is 6.07 Å². The Kier molecular flexibility index (Phi) is 3.87. The fourth-order valence-electron chi connectivity index (χ4n) is 2.68. The molecule has 3 heterocycles. The molecular formula is C17H15N3O3S. The first-order valence-electron chi connectivity index (χ1n) is 7.52. The standard InChI is InChI=1S/C17H15N3O3S/c1-22-7-10-8-23-16(19-10)14-9-24-17(20-14)15(21)12-6-18-13-5-3-2-4-11(12)13/h2-6,9-10,18H,7-8H2,1H3. The number of fused-ring (bicyclic) bond motifs is 1. The van der Waals surface area contributed by atoms with Gasteiger partial charge >= 0.3 is 0 Å². The Labute approximate surface area is 142 Å². The van der Waals surface area contributed by atoms with Gasteiger partial charge in [-0.15, -0.1) is 11.3 Å². The van der Waals surface area contributed by atoms with Gasteiger partial charge in [-0.2, -0.15) is 0 Å². The molecule has 0 saturated carbocycles. The molecule has 1 N–H and O–H groups in total. The molecule has 3 aromatic rings. The fourth-order valence-corrected chi connectivity index (χ4v) is 3.43. The highest BCUT2D eigenvalue weighted by Crippen LogP contribution is 2.23. The van der Waals surface area contributed by atoms with E-state index in [0.717, 1.165) is 10.9 Å². The fraction of sp³-hybridized carbons (Fsp3) is 0.235. The predicted molar refractivity (Wildman–Crippen MR) is 92.0 cm³/mol. The average molecular weight is 341 g/mol. The molecule has 2 aromatic heterocycles. The summed E-state index contributed by atoms with van der Waals surface area (Å²) in [5.74, 6) is 0.377. The number of carbonyl (C=O) groups is 1. The van der Waals surface area contributed by atoms with Crippen LogP contribution in [0.5, 0.6) is 0 Å². The molecule has 1 aliphatic heterocycles. The molecule has 24 heavy (non-hydrogen) atoms. The molecule has 0 saturated heterocycles. The van der Waals surface area contributed by atoms with Crippen LogP contribution in [0.3, 0.4) is 0 Å². The molecule has 0 bridgehead atoms. The lowest BCUT2D eigenvalue weighted by Crippen LogP contribution is -2.12. The van der Waals surface area contributed by atoms with Crippen molar-refractivity contribution in [3.05, 3.63) is 52.1 Å². The summed E-state index contributed by atoms with van der Waals surface area (Å²) in [6, 6.07) is 7.70. The Morgan fingerprint density at radius 1 is 1.46 bits per heavy atom. The van der Waals surface area contributed by atoms with Crippen LogP contribution in [0.15, 0.2) is 40.8 Å². The largest absolute Gasteiger partial charge is 0.474 e. The van der Waals surface area contributed by atoms with Gasteiger partial charge in [0, 0.05) is 29.6 Å². The second kappa shape index (κ2) is 6.18. The van der Waals surface area contributed by atoms with Gasteiger partial charge in [0.25, 0.3) is 0 Å². The average Bonchev–Trinajstić information content (AvgIpc) is 3.33. The predicted octanol–water partition coefficient (Wildman–Crippen LogP) is 2.65. The molecular weight excluding hydrogens is 326 g/mol. The van der Waals surface area contributed by atoms with Crippen LogP contribution < -0.4 is 0 Å². The van der Waals surface area contributed by atoms with E-state index in [-0.39, 0.29) is 11.8 Å². The van der Waals surface area contributed by atoms with E-state index >= 15 is 0 Å². The Balaban J connectivity index is 1.61.